The van der Waals surface area contributed by atoms with Gasteiger partial charge in [-0.3, -0.25) is 4.79 Å². The van der Waals surface area contributed by atoms with Crippen molar-refractivity contribution in [3.63, 3.8) is 0 Å². The molecule has 0 radical (unpaired) electrons. The number of nitrogens with zero attached hydrogens (tertiary/aromatic N) is 1. The Morgan fingerprint density at radius 2 is 1.83 bits per heavy atom. The van der Waals surface area contributed by atoms with Gasteiger partial charge in [0.2, 0.25) is 0 Å². The third-order valence-electron chi connectivity index (χ3n) is 3.70. The smallest absolute Gasteiger partial charge is 0.252 e. The van der Waals surface area contributed by atoms with E-state index < -0.39 is 0 Å². The summed E-state index contributed by atoms with van der Waals surface area (Å²) in [5.41, 5.74) is 1.85. The fourth-order valence-corrected chi connectivity index (χ4v) is 2.99. The van der Waals surface area contributed by atoms with Crippen LogP contribution in [0.2, 0.25) is 0 Å². The number of carbonyl (C=O) groups excluding carboxylic acids is 1. The summed E-state index contributed by atoms with van der Waals surface area (Å²) in [5.74, 6) is 0.782. The van der Waals surface area contributed by atoms with E-state index in [0.29, 0.717) is 12.1 Å². The molecule has 0 spiro atoms. The van der Waals surface area contributed by atoms with Crippen molar-refractivity contribution in [3.05, 3.63) is 63.2 Å². The highest BCUT2D eigenvalue weighted by Crippen LogP contribution is 2.21. The molecule has 122 valence electrons. The van der Waals surface area contributed by atoms with Crippen LogP contribution in [0.1, 0.15) is 22.0 Å². The van der Waals surface area contributed by atoms with E-state index in [2.05, 4.69) is 32.8 Å². The van der Waals surface area contributed by atoms with Gasteiger partial charge in [0.25, 0.3) is 5.91 Å². The molecule has 0 aliphatic carbocycles. The lowest BCUT2D eigenvalue weighted by Crippen LogP contribution is -2.34. The van der Waals surface area contributed by atoms with E-state index in [1.54, 1.807) is 7.11 Å². The van der Waals surface area contributed by atoms with E-state index in [1.165, 1.54) is 0 Å². The van der Waals surface area contributed by atoms with Crippen LogP contribution in [0.3, 0.4) is 0 Å². The standard InChI is InChI=1S/C18H21IN2O2/c1-21(2)17(13-8-10-14(23-3)11-9-13)12-20-18(22)15-6-4-5-7-16(15)19/h4-11,17H,12H2,1-3H3,(H,20,22)/t17-/m1/s1. The maximum absolute atomic E-state index is 12.4. The van der Waals surface area contributed by atoms with E-state index in [9.17, 15) is 4.79 Å². The molecule has 0 aliphatic rings. The minimum Gasteiger partial charge on any atom is -0.497 e. The highest BCUT2D eigenvalue weighted by atomic mass is 127. The molecule has 1 N–H and O–H groups in total. The second kappa shape index (κ2) is 8.31. The first-order valence-electron chi connectivity index (χ1n) is 7.36. The van der Waals surface area contributed by atoms with Gasteiger partial charge >= 0.3 is 0 Å². The molecule has 0 bridgehead atoms. The summed E-state index contributed by atoms with van der Waals surface area (Å²) >= 11 is 2.18. The fourth-order valence-electron chi connectivity index (χ4n) is 2.35. The van der Waals surface area contributed by atoms with Gasteiger partial charge in [0.15, 0.2) is 0 Å². The lowest BCUT2D eigenvalue weighted by molar-refractivity contribution is 0.0941. The maximum Gasteiger partial charge on any atom is 0.252 e. The minimum atomic E-state index is -0.0460. The van der Waals surface area contributed by atoms with Crippen molar-refractivity contribution in [3.8, 4) is 5.75 Å². The number of halogens is 1. The summed E-state index contributed by atoms with van der Waals surface area (Å²) in [7, 11) is 5.67. The molecule has 0 unspecified atom stereocenters. The fraction of sp³-hybridized carbons (Fsp3) is 0.278. The number of amides is 1. The number of methoxy groups -OCH3 is 1. The number of hydrogen-bond acceptors (Lipinski definition) is 3. The van der Waals surface area contributed by atoms with Crippen LogP contribution in [0, 0.1) is 3.57 Å². The summed E-state index contributed by atoms with van der Waals surface area (Å²) in [6.45, 7) is 0.545. The quantitative estimate of drug-likeness (QED) is 0.724. The molecular weight excluding hydrogens is 403 g/mol. The molecule has 4 nitrogen and oxygen atoms in total. The first kappa shape index (κ1) is 17.7. The summed E-state index contributed by atoms with van der Waals surface area (Å²) in [5, 5.41) is 3.03. The van der Waals surface area contributed by atoms with Crippen molar-refractivity contribution in [1.29, 1.82) is 0 Å². The van der Waals surface area contributed by atoms with Crippen LogP contribution in [-0.2, 0) is 0 Å². The van der Waals surface area contributed by atoms with Gasteiger partial charge in [0, 0.05) is 10.1 Å². The second-order valence-corrected chi connectivity index (χ2v) is 6.60. The van der Waals surface area contributed by atoms with Gasteiger partial charge in [-0.15, -0.1) is 0 Å². The van der Waals surface area contributed by atoms with E-state index in [1.807, 2.05) is 62.6 Å². The van der Waals surface area contributed by atoms with Crippen molar-refractivity contribution in [2.75, 3.05) is 27.7 Å². The van der Waals surface area contributed by atoms with Gasteiger partial charge in [-0.25, -0.2) is 0 Å². The van der Waals surface area contributed by atoms with Crippen LogP contribution in [0.4, 0.5) is 0 Å². The zero-order chi connectivity index (χ0) is 16.8. The number of ether oxygens (including phenoxy) is 1. The van der Waals surface area contributed by atoms with Gasteiger partial charge in [-0.05, 0) is 66.5 Å². The summed E-state index contributed by atoms with van der Waals surface area (Å²) in [4.78, 5) is 14.5. The number of nitrogens with one attached hydrogen (secondary N) is 1. The monoisotopic (exact) mass is 424 g/mol. The summed E-state index contributed by atoms with van der Waals surface area (Å²) in [6, 6.07) is 15.6. The number of carbonyl (C=O) groups is 1. The second-order valence-electron chi connectivity index (χ2n) is 5.44. The molecule has 0 saturated heterocycles. The molecule has 0 fully saturated rings. The van der Waals surface area contributed by atoms with Crippen LogP contribution in [-0.4, -0.2) is 38.6 Å². The minimum absolute atomic E-state index is 0.0460. The maximum atomic E-state index is 12.4. The zero-order valence-electron chi connectivity index (χ0n) is 13.5. The first-order chi connectivity index (χ1) is 11.0. The Bertz CT molecular complexity index is 656. The van der Waals surface area contributed by atoms with Crippen molar-refractivity contribution < 1.29 is 9.53 Å². The molecule has 1 atom stereocenters. The predicted octanol–water partition coefficient (Wildman–Crippen LogP) is 3.33. The molecule has 1 amide bonds. The van der Waals surface area contributed by atoms with Gasteiger partial charge in [-0.1, -0.05) is 24.3 Å². The van der Waals surface area contributed by atoms with Crippen LogP contribution >= 0.6 is 22.6 Å². The topological polar surface area (TPSA) is 41.6 Å². The highest BCUT2D eigenvalue weighted by Gasteiger charge is 2.16. The van der Waals surface area contributed by atoms with Crippen molar-refractivity contribution >= 4 is 28.5 Å². The molecule has 0 aromatic heterocycles. The lowest BCUT2D eigenvalue weighted by atomic mass is 10.1. The van der Waals surface area contributed by atoms with Crippen LogP contribution in [0.25, 0.3) is 0 Å². The molecular formula is C18H21IN2O2. The third kappa shape index (κ3) is 4.68. The Balaban J connectivity index is 2.08. The van der Waals surface area contributed by atoms with Gasteiger partial charge < -0.3 is 15.0 Å². The van der Waals surface area contributed by atoms with Gasteiger partial charge in [0.05, 0.1) is 18.7 Å². The van der Waals surface area contributed by atoms with Crippen LogP contribution in [0.15, 0.2) is 48.5 Å². The number of rotatable bonds is 6. The van der Waals surface area contributed by atoms with Crippen molar-refractivity contribution in [2.24, 2.45) is 0 Å². The highest BCUT2D eigenvalue weighted by molar-refractivity contribution is 14.1. The lowest BCUT2D eigenvalue weighted by Gasteiger charge is -2.25. The van der Waals surface area contributed by atoms with Crippen LogP contribution < -0.4 is 10.1 Å². The Morgan fingerprint density at radius 3 is 2.39 bits per heavy atom. The van der Waals surface area contributed by atoms with Gasteiger partial charge in [-0.2, -0.15) is 0 Å². The Kier molecular flexibility index (Phi) is 6.41. The number of benzene rings is 2. The van der Waals surface area contributed by atoms with Crippen LogP contribution in [0.5, 0.6) is 5.75 Å². The van der Waals surface area contributed by atoms with E-state index >= 15 is 0 Å². The molecule has 5 heteroatoms. The third-order valence-corrected chi connectivity index (χ3v) is 4.64. The Morgan fingerprint density at radius 1 is 1.17 bits per heavy atom. The summed E-state index contributed by atoms with van der Waals surface area (Å²) in [6.07, 6.45) is 0. The summed E-state index contributed by atoms with van der Waals surface area (Å²) < 4.78 is 6.15. The molecule has 2 aromatic rings. The van der Waals surface area contributed by atoms with E-state index in [-0.39, 0.29) is 11.9 Å². The first-order valence-corrected chi connectivity index (χ1v) is 8.44. The Labute approximate surface area is 151 Å². The number of hydrogen-bond donors (Lipinski definition) is 1. The molecule has 0 heterocycles. The number of likely N-dealkylation sites (N-methyl/N-ethyl adjacent to an activating group) is 1. The van der Waals surface area contributed by atoms with Crippen molar-refractivity contribution in [2.45, 2.75) is 6.04 Å². The average Bonchev–Trinajstić information content (AvgIpc) is 2.55. The van der Waals surface area contributed by atoms with Crippen molar-refractivity contribution in [1.82, 2.24) is 10.2 Å². The Hall–Kier alpha value is -1.60. The molecule has 23 heavy (non-hydrogen) atoms. The van der Waals surface area contributed by atoms with E-state index in [0.717, 1.165) is 14.9 Å². The molecule has 2 aromatic carbocycles. The van der Waals surface area contributed by atoms with Gasteiger partial charge in [0.1, 0.15) is 5.75 Å². The normalized spacial score (nSPS) is 12.0. The molecule has 2 rings (SSSR count). The SMILES string of the molecule is COc1ccc([C@@H](CNC(=O)c2ccccc2I)N(C)C)cc1. The average molecular weight is 424 g/mol. The van der Waals surface area contributed by atoms with E-state index in [4.69, 9.17) is 4.74 Å². The zero-order valence-corrected chi connectivity index (χ0v) is 15.7. The molecule has 0 saturated carbocycles. The predicted molar refractivity (Wildman–Crippen MR) is 101 cm³/mol. The molecule has 0 aliphatic heterocycles. The largest absolute Gasteiger partial charge is 0.497 e.